The fraction of sp³-hybridized carbons (Fsp3) is 0.318. The van der Waals surface area contributed by atoms with E-state index in [1.807, 2.05) is 36.4 Å². The minimum Gasteiger partial charge on any atom is -0.360 e. The summed E-state index contributed by atoms with van der Waals surface area (Å²) in [5, 5.41) is 0.717. The molecule has 4 rings (SSSR count). The molecule has 3 aromatic rings. The fourth-order valence-electron chi connectivity index (χ4n) is 4.13. The van der Waals surface area contributed by atoms with E-state index >= 15 is 0 Å². The van der Waals surface area contributed by atoms with Gasteiger partial charge in [0.05, 0.1) is 9.79 Å². The lowest BCUT2D eigenvalue weighted by Crippen LogP contribution is -2.12. The molecule has 0 saturated carbocycles. The summed E-state index contributed by atoms with van der Waals surface area (Å²) in [6.07, 6.45) is 6.00. The van der Waals surface area contributed by atoms with Crippen molar-refractivity contribution < 1.29 is 13.2 Å². The fourth-order valence-corrected chi connectivity index (χ4v) is 5.61. The lowest BCUT2D eigenvalue weighted by atomic mass is 9.80. The molecule has 0 fully saturated rings. The number of ketones is 1. The number of sulfone groups is 1. The maximum Gasteiger partial charge on any atom is 0.208 e. The second-order valence-corrected chi connectivity index (χ2v) is 9.31. The average Bonchev–Trinajstić information content (AvgIpc) is 3.10. The number of carbonyl (C=O) groups excluding carboxylic acids is 1. The second-order valence-electron chi connectivity index (χ2n) is 7.39. The highest BCUT2D eigenvalue weighted by atomic mass is 32.2. The van der Waals surface area contributed by atoms with Crippen LogP contribution >= 0.6 is 0 Å². The van der Waals surface area contributed by atoms with E-state index in [-0.39, 0.29) is 5.78 Å². The largest absolute Gasteiger partial charge is 0.360 e. The molecule has 2 aromatic carbocycles. The predicted octanol–water partition coefficient (Wildman–Crippen LogP) is 4.79. The standard InChI is InChI=1S/C22H23NO3S/c1-15(24)9-10-16-5-4-6-17-13-18(11-12-19(16)17)27(25,26)22-14-23-21-8-3-2-7-20(21)22/h2-3,7-8,11-14,16,23H,4-6,9-10H2,1H3/t16-/m0/s1. The van der Waals surface area contributed by atoms with Crippen LogP contribution in [0.25, 0.3) is 10.9 Å². The van der Waals surface area contributed by atoms with Crippen LogP contribution in [0.15, 0.2) is 58.5 Å². The summed E-state index contributed by atoms with van der Waals surface area (Å²) >= 11 is 0. The van der Waals surface area contributed by atoms with Gasteiger partial charge in [0.25, 0.3) is 0 Å². The normalized spacial score (nSPS) is 17.0. The molecule has 0 aliphatic heterocycles. The molecule has 4 nitrogen and oxygen atoms in total. The highest BCUT2D eigenvalue weighted by Crippen LogP contribution is 2.37. The van der Waals surface area contributed by atoms with E-state index in [2.05, 4.69) is 4.98 Å². The number of para-hydroxylation sites is 1. The third kappa shape index (κ3) is 3.32. The molecule has 0 saturated heterocycles. The molecule has 140 valence electrons. The Bertz CT molecular complexity index is 1110. The Balaban J connectivity index is 1.72. The van der Waals surface area contributed by atoms with E-state index in [1.54, 1.807) is 19.2 Å². The first kappa shape index (κ1) is 18.0. The number of fused-ring (bicyclic) bond motifs is 2. The number of Topliss-reactive ketones (excluding diaryl/α,β-unsaturated/α-hetero) is 1. The van der Waals surface area contributed by atoms with Gasteiger partial charge in [-0.1, -0.05) is 24.3 Å². The molecule has 1 aliphatic rings. The summed E-state index contributed by atoms with van der Waals surface area (Å²) in [5.41, 5.74) is 3.13. The summed E-state index contributed by atoms with van der Waals surface area (Å²) in [4.78, 5) is 15.1. The maximum atomic E-state index is 13.2. The van der Waals surface area contributed by atoms with Gasteiger partial charge in [0, 0.05) is 23.5 Å². The molecular weight excluding hydrogens is 358 g/mol. The van der Waals surface area contributed by atoms with Gasteiger partial charge in [-0.25, -0.2) is 8.42 Å². The van der Waals surface area contributed by atoms with Crippen molar-refractivity contribution in [2.24, 2.45) is 0 Å². The molecule has 0 bridgehead atoms. The zero-order valence-electron chi connectivity index (χ0n) is 15.4. The third-order valence-corrected chi connectivity index (χ3v) is 7.34. The number of benzene rings is 2. The number of hydrogen-bond donors (Lipinski definition) is 1. The molecule has 1 N–H and O–H groups in total. The van der Waals surface area contributed by atoms with E-state index in [4.69, 9.17) is 0 Å². The maximum absolute atomic E-state index is 13.2. The first-order valence-electron chi connectivity index (χ1n) is 9.40. The van der Waals surface area contributed by atoms with Crippen molar-refractivity contribution in [3.63, 3.8) is 0 Å². The Morgan fingerprint density at radius 2 is 2.00 bits per heavy atom. The lowest BCUT2D eigenvalue weighted by Gasteiger charge is -2.25. The van der Waals surface area contributed by atoms with E-state index in [1.165, 1.54) is 5.56 Å². The molecular formula is C22H23NO3S. The number of rotatable bonds is 5. The Morgan fingerprint density at radius 1 is 1.19 bits per heavy atom. The van der Waals surface area contributed by atoms with E-state index < -0.39 is 9.84 Å². The number of aryl methyl sites for hydroxylation is 1. The van der Waals surface area contributed by atoms with Gasteiger partial charge >= 0.3 is 0 Å². The second kappa shape index (κ2) is 6.97. The number of H-pyrrole nitrogens is 1. The van der Waals surface area contributed by atoms with Crippen LogP contribution in [0, 0.1) is 0 Å². The predicted molar refractivity (Wildman–Crippen MR) is 106 cm³/mol. The molecule has 1 atom stereocenters. The number of nitrogens with one attached hydrogen (secondary N) is 1. The number of aromatic nitrogens is 1. The van der Waals surface area contributed by atoms with E-state index in [0.717, 1.165) is 42.1 Å². The van der Waals surface area contributed by atoms with Crippen molar-refractivity contribution in [2.75, 3.05) is 0 Å². The van der Waals surface area contributed by atoms with Gasteiger partial charge in [0.15, 0.2) is 0 Å². The first-order chi connectivity index (χ1) is 13.0. The molecule has 0 spiro atoms. The molecule has 1 aliphatic carbocycles. The van der Waals surface area contributed by atoms with Gasteiger partial charge in [-0.05, 0) is 67.9 Å². The number of hydrogen-bond acceptors (Lipinski definition) is 3. The van der Waals surface area contributed by atoms with Gasteiger partial charge in [0.1, 0.15) is 5.78 Å². The Hall–Kier alpha value is -2.40. The molecule has 0 unspecified atom stereocenters. The number of carbonyl (C=O) groups is 1. The minimum absolute atomic E-state index is 0.209. The van der Waals surface area contributed by atoms with Crippen LogP contribution in [0.3, 0.4) is 0 Å². The van der Waals surface area contributed by atoms with Crippen molar-refractivity contribution >= 4 is 26.5 Å². The third-order valence-electron chi connectivity index (χ3n) is 5.55. The van der Waals surface area contributed by atoms with Crippen LogP contribution in [-0.2, 0) is 21.1 Å². The molecule has 0 radical (unpaired) electrons. The summed E-state index contributed by atoms with van der Waals surface area (Å²) in [6.45, 7) is 1.63. The van der Waals surface area contributed by atoms with Gasteiger partial charge in [-0.2, -0.15) is 0 Å². The van der Waals surface area contributed by atoms with Crippen molar-refractivity contribution in [2.45, 2.75) is 54.7 Å². The van der Waals surface area contributed by atoms with Crippen LogP contribution < -0.4 is 0 Å². The lowest BCUT2D eigenvalue weighted by molar-refractivity contribution is -0.117. The monoisotopic (exact) mass is 381 g/mol. The van der Waals surface area contributed by atoms with Crippen LogP contribution in [0.1, 0.15) is 49.7 Å². The van der Waals surface area contributed by atoms with Gasteiger partial charge in [-0.3, -0.25) is 0 Å². The zero-order valence-corrected chi connectivity index (χ0v) is 16.2. The van der Waals surface area contributed by atoms with Crippen LogP contribution in [0.4, 0.5) is 0 Å². The Kier molecular flexibility index (Phi) is 4.64. The van der Waals surface area contributed by atoms with Crippen LogP contribution in [-0.4, -0.2) is 19.2 Å². The highest BCUT2D eigenvalue weighted by Gasteiger charge is 2.26. The van der Waals surface area contributed by atoms with Crippen LogP contribution in [0.2, 0.25) is 0 Å². The average molecular weight is 381 g/mol. The summed E-state index contributed by atoms with van der Waals surface area (Å²) in [7, 11) is -3.58. The van der Waals surface area contributed by atoms with Crippen molar-refractivity contribution in [1.29, 1.82) is 0 Å². The van der Waals surface area contributed by atoms with Gasteiger partial charge < -0.3 is 9.78 Å². The quantitative estimate of drug-likeness (QED) is 0.691. The van der Waals surface area contributed by atoms with Crippen molar-refractivity contribution in [3.05, 3.63) is 59.8 Å². The number of aromatic amines is 1. The Morgan fingerprint density at radius 3 is 2.81 bits per heavy atom. The Labute approximate surface area is 159 Å². The summed E-state index contributed by atoms with van der Waals surface area (Å²) in [6, 6.07) is 13.0. The van der Waals surface area contributed by atoms with E-state index in [0.29, 0.717) is 22.1 Å². The smallest absolute Gasteiger partial charge is 0.208 e. The highest BCUT2D eigenvalue weighted by molar-refractivity contribution is 7.91. The molecule has 5 heteroatoms. The van der Waals surface area contributed by atoms with Crippen LogP contribution in [0.5, 0.6) is 0 Å². The van der Waals surface area contributed by atoms with Gasteiger partial charge in [-0.15, -0.1) is 0 Å². The summed E-state index contributed by atoms with van der Waals surface area (Å²) in [5.74, 6) is 0.558. The summed E-state index contributed by atoms with van der Waals surface area (Å²) < 4.78 is 26.5. The van der Waals surface area contributed by atoms with E-state index in [9.17, 15) is 13.2 Å². The molecule has 1 aromatic heterocycles. The SMILES string of the molecule is CC(=O)CC[C@@H]1CCCc2cc(S(=O)(=O)c3c[nH]c4ccccc34)ccc21. The topological polar surface area (TPSA) is 67.0 Å². The van der Waals surface area contributed by atoms with Crippen molar-refractivity contribution in [1.82, 2.24) is 4.98 Å². The first-order valence-corrected chi connectivity index (χ1v) is 10.9. The zero-order chi connectivity index (χ0) is 19.0. The molecule has 1 heterocycles. The molecule has 0 amide bonds. The van der Waals surface area contributed by atoms with Crippen molar-refractivity contribution in [3.8, 4) is 0 Å². The minimum atomic E-state index is -3.58. The van der Waals surface area contributed by atoms with Gasteiger partial charge in [0.2, 0.25) is 9.84 Å². The molecule has 27 heavy (non-hydrogen) atoms.